The van der Waals surface area contributed by atoms with Crippen LogP contribution in [0.1, 0.15) is 10.4 Å². The van der Waals surface area contributed by atoms with Crippen molar-refractivity contribution >= 4 is 56.4 Å². The molecule has 0 unspecified atom stereocenters. The van der Waals surface area contributed by atoms with Crippen LogP contribution in [0.2, 0.25) is 0 Å². The van der Waals surface area contributed by atoms with Crippen molar-refractivity contribution in [3.8, 4) is 5.75 Å². The molecule has 7 nitrogen and oxygen atoms in total. The number of ether oxygens (including phenoxy) is 1. The van der Waals surface area contributed by atoms with E-state index >= 15 is 0 Å². The number of alkyl halides is 3. The van der Waals surface area contributed by atoms with Crippen molar-refractivity contribution in [3.05, 3.63) is 54.1 Å². The van der Waals surface area contributed by atoms with Gasteiger partial charge in [0, 0.05) is 11.3 Å². The first-order chi connectivity index (χ1) is 12.5. The van der Waals surface area contributed by atoms with Gasteiger partial charge >= 0.3 is 0 Å². The average molecular weight is 453 g/mol. The molecule has 0 spiro atoms. The fourth-order valence-corrected chi connectivity index (χ4v) is 2.91. The lowest BCUT2D eigenvalue weighted by Gasteiger charge is -2.27. The molecule has 0 aliphatic heterocycles. The molecule has 0 aromatic heterocycles. The molecule has 27 heavy (non-hydrogen) atoms. The molecular formula is C16H16Cl3N3O4S. The lowest BCUT2D eigenvalue weighted by Crippen LogP contribution is -2.49. The van der Waals surface area contributed by atoms with Gasteiger partial charge in [-0.3, -0.25) is 4.79 Å². The third-order valence-corrected chi connectivity index (χ3v) is 5.03. The van der Waals surface area contributed by atoms with Gasteiger partial charge in [-0.15, -0.1) is 0 Å². The van der Waals surface area contributed by atoms with Crippen LogP contribution in [0.3, 0.4) is 0 Å². The Labute approximate surface area is 171 Å². The number of carbonyl (C=O) groups is 1. The van der Waals surface area contributed by atoms with Crippen LogP contribution in [0.4, 0.5) is 5.69 Å². The molecule has 0 saturated carbocycles. The van der Waals surface area contributed by atoms with Gasteiger partial charge in [0.15, 0.2) is 0 Å². The first kappa shape index (κ1) is 21.6. The monoisotopic (exact) mass is 451 g/mol. The number of anilines is 1. The standard InChI is InChI=1S/C16H16Cl3N3O4S/c1-26-12-6-2-10(3-7-12)14(23)22-15(16(17,18)19)21-11-4-8-13(9-5-11)27(20,24)25/h2-9,15,21H,1H3,(H,22,23)(H2,20,24,25)/t15-/m1/s1. The van der Waals surface area contributed by atoms with E-state index in [0.717, 1.165) is 0 Å². The first-order valence-electron chi connectivity index (χ1n) is 7.42. The number of nitrogens with two attached hydrogens (primary N) is 1. The van der Waals surface area contributed by atoms with Crippen molar-refractivity contribution < 1.29 is 17.9 Å². The fraction of sp³-hybridized carbons (Fsp3) is 0.188. The Morgan fingerprint density at radius 3 is 2.07 bits per heavy atom. The van der Waals surface area contributed by atoms with Gasteiger partial charge in [0.05, 0.1) is 12.0 Å². The van der Waals surface area contributed by atoms with Gasteiger partial charge in [-0.2, -0.15) is 0 Å². The van der Waals surface area contributed by atoms with E-state index in [4.69, 9.17) is 44.7 Å². The van der Waals surface area contributed by atoms with E-state index in [1.165, 1.54) is 31.4 Å². The third kappa shape index (κ3) is 6.15. The summed E-state index contributed by atoms with van der Waals surface area (Å²) in [4.78, 5) is 12.3. The smallest absolute Gasteiger partial charge is 0.252 e. The topological polar surface area (TPSA) is 111 Å². The van der Waals surface area contributed by atoms with Crippen LogP contribution in [0.5, 0.6) is 5.75 Å². The molecule has 2 rings (SSSR count). The van der Waals surface area contributed by atoms with Crippen LogP contribution >= 0.6 is 34.8 Å². The molecule has 2 aromatic rings. The number of carbonyl (C=O) groups excluding carboxylic acids is 1. The molecule has 1 atom stereocenters. The van der Waals surface area contributed by atoms with Gasteiger partial charge in [0.1, 0.15) is 11.9 Å². The van der Waals surface area contributed by atoms with E-state index in [9.17, 15) is 13.2 Å². The number of primary sulfonamides is 1. The zero-order valence-corrected chi connectivity index (χ0v) is 17.0. The SMILES string of the molecule is COc1ccc(C(=O)N[C@@H](Nc2ccc(S(N)(=O)=O)cc2)C(Cl)(Cl)Cl)cc1. The summed E-state index contributed by atoms with van der Waals surface area (Å²) in [5.74, 6) is 0.111. The third-order valence-electron chi connectivity index (χ3n) is 3.45. The van der Waals surface area contributed by atoms with Gasteiger partial charge in [0.25, 0.3) is 5.91 Å². The molecule has 0 aliphatic rings. The lowest BCUT2D eigenvalue weighted by molar-refractivity contribution is 0.0942. The van der Waals surface area contributed by atoms with E-state index in [1.807, 2.05) is 0 Å². The zero-order valence-electron chi connectivity index (χ0n) is 13.9. The number of rotatable bonds is 6. The summed E-state index contributed by atoms with van der Waals surface area (Å²) >= 11 is 17.8. The number of amides is 1. The second-order valence-corrected chi connectivity index (χ2v) is 9.32. The Morgan fingerprint density at radius 2 is 1.63 bits per heavy atom. The number of hydrogen-bond acceptors (Lipinski definition) is 5. The largest absolute Gasteiger partial charge is 0.497 e. The molecule has 2 aromatic carbocycles. The molecule has 1 amide bonds. The highest BCUT2D eigenvalue weighted by Gasteiger charge is 2.34. The number of benzene rings is 2. The first-order valence-corrected chi connectivity index (χ1v) is 10.1. The summed E-state index contributed by atoms with van der Waals surface area (Å²) in [6.07, 6.45) is -1.10. The van der Waals surface area contributed by atoms with E-state index < -0.39 is 25.9 Å². The predicted molar refractivity (Wildman–Crippen MR) is 106 cm³/mol. The maximum Gasteiger partial charge on any atom is 0.252 e. The summed E-state index contributed by atoms with van der Waals surface area (Å²) in [6, 6.07) is 11.8. The number of nitrogens with one attached hydrogen (secondary N) is 2. The minimum atomic E-state index is -3.82. The van der Waals surface area contributed by atoms with E-state index in [-0.39, 0.29) is 4.90 Å². The summed E-state index contributed by atoms with van der Waals surface area (Å²) in [5, 5.41) is 10.5. The van der Waals surface area contributed by atoms with Crippen LogP contribution < -0.4 is 20.5 Å². The van der Waals surface area contributed by atoms with Crippen LogP contribution in [-0.4, -0.2) is 31.4 Å². The van der Waals surface area contributed by atoms with Crippen molar-refractivity contribution in [2.45, 2.75) is 14.9 Å². The van der Waals surface area contributed by atoms with Gasteiger partial charge in [-0.1, -0.05) is 34.8 Å². The second kappa shape index (κ2) is 8.53. The number of halogens is 3. The van der Waals surface area contributed by atoms with Gasteiger partial charge in [-0.05, 0) is 48.5 Å². The van der Waals surface area contributed by atoms with Crippen molar-refractivity contribution in [2.24, 2.45) is 5.14 Å². The van der Waals surface area contributed by atoms with Crippen LogP contribution in [0, 0.1) is 0 Å². The molecule has 0 radical (unpaired) electrons. The second-order valence-electron chi connectivity index (χ2n) is 5.39. The Morgan fingerprint density at radius 1 is 1.07 bits per heavy atom. The summed E-state index contributed by atoms with van der Waals surface area (Å²) in [7, 11) is -2.31. The average Bonchev–Trinajstić information content (AvgIpc) is 2.60. The van der Waals surface area contributed by atoms with Gasteiger partial charge < -0.3 is 15.4 Å². The highest BCUT2D eigenvalue weighted by molar-refractivity contribution is 7.89. The summed E-state index contributed by atoms with van der Waals surface area (Å²) in [5.41, 5.74) is 0.746. The van der Waals surface area contributed by atoms with Crippen LogP contribution in [0.25, 0.3) is 0 Å². The van der Waals surface area contributed by atoms with Gasteiger partial charge in [0.2, 0.25) is 13.8 Å². The fourth-order valence-electron chi connectivity index (χ4n) is 2.06. The Kier molecular flexibility index (Phi) is 6.82. The minimum Gasteiger partial charge on any atom is -0.497 e. The molecule has 146 valence electrons. The Hall–Kier alpha value is -1.71. The molecule has 11 heteroatoms. The molecule has 0 aliphatic carbocycles. The van der Waals surface area contributed by atoms with Crippen molar-refractivity contribution in [2.75, 3.05) is 12.4 Å². The molecule has 4 N–H and O–H groups in total. The maximum atomic E-state index is 12.4. The molecule has 0 saturated heterocycles. The van der Waals surface area contributed by atoms with Gasteiger partial charge in [-0.25, -0.2) is 13.6 Å². The normalized spacial score (nSPS) is 12.9. The molecule has 0 bridgehead atoms. The minimum absolute atomic E-state index is 0.0687. The number of hydrogen-bond donors (Lipinski definition) is 3. The van der Waals surface area contributed by atoms with Crippen molar-refractivity contribution in [1.82, 2.24) is 5.32 Å². The zero-order chi connectivity index (χ0) is 20.2. The lowest BCUT2D eigenvalue weighted by atomic mass is 10.2. The quantitative estimate of drug-likeness (QED) is 0.461. The summed E-state index contributed by atoms with van der Waals surface area (Å²) in [6.45, 7) is 0. The van der Waals surface area contributed by atoms with Crippen LogP contribution in [0.15, 0.2) is 53.4 Å². The Bertz CT molecular complexity index is 898. The number of sulfonamides is 1. The van der Waals surface area contributed by atoms with Crippen LogP contribution in [-0.2, 0) is 10.0 Å². The molecule has 0 fully saturated rings. The van der Waals surface area contributed by atoms with E-state index in [1.54, 1.807) is 24.3 Å². The van der Waals surface area contributed by atoms with Crippen molar-refractivity contribution in [1.29, 1.82) is 0 Å². The number of methoxy groups -OCH3 is 1. The highest BCUT2D eigenvalue weighted by Crippen LogP contribution is 2.31. The summed E-state index contributed by atoms with van der Waals surface area (Å²) < 4.78 is 25.8. The molecule has 0 heterocycles. The maximum absolute atomic E-state index is 12.4. The van der Waals surface area contributed by atoms with E-state index in [2.05, 4.69) is 10.6 Å². The Balaban J connectivity index is 2.16. The predicted octanol–water partition coefficient (Wildman–Crippen LogP) is 2.88. The van der Waals surface area contributed by atoms with E-state index in [0.29, 0.717) is 17.0 Å². The molecular weight excluding hydrogens is 437 g/mol. The highest BCUT2D eigenvalue weighted by atomic mass is 35.6. The van der Waals surface area contributed by atoms with Crippen molar-refractivity contribution in [3.63, 3.8) is 0 Å².